The van der Waals surface area contributed by atoms with Crippen molar-refractivity contribution in [2.24, 2.45) is 34.5 Å². The standard InChI is InChI=1S/C62H73F2N6O12/c1-32-26-67(19-17-65-32)52-45(63)23-40-50(56(52)79-5)69(36-8-9-36)28-42(54(40)74)58(76)81-30-34(21-48(73)62(78)16-14-44-39-12-7-35-22-38(71)13-15-60(35,3)49(39)47(72)25-61(44,62)4)31-82-59(77)43-29-70(37-10-11-37)51-41(55(43)75)24-46(64)53(57(51)80-6)68-20-18-66-33(2)27-68/h13,15,21-24,28-29,32-34,36-37,39,44,47,49,65-66,72,78H,7-12,14,16-20,25-27,30-31H2,1-6H3/t32?,33?,34?,39-,44-,47-,49?,60-,61-,62-/m1/s1. The lowest BCUT2D eigenvalue weighted by Gasteiger charge is -2.59. The highest BCUT2D eigenvalue weighted by molar-refractivity contribution is 6.02. The van der Waals surface area contributed by atoms with Gasteiger partial charge in [-0.05, 0) is 108 Å². The molecule has 0 spiro atoms. The van der Waals surface area contributed by atoms with Gasteiger partial charge in [-0.1, -0.05) is 25.5 Å². The van der Waals surface area contributed by atoms with Crippen LogP contribution in [0.2, 0.25) is 0 Å². The summed E-state index contributed by atoms with van der Waals surface area (Å²) in [6.45, 7) is 9.70. The molecule has 20 heteroatoms. The Morgan fingerprint density at radius 3 is 1.77 bits per heavy atom. The molecule has 4 aromatic rings. The number of hydrogen-bond donors (Lipinski definition) is 4. The van der Waals surface area contributed by atoms with Gasteiger partial charge in [0.2, 0.25) is 10.9 Å². The van der Waals surface area contributed by atoms with E-state index >= 15 is 13.6 Å². The van der Waals surface area contributed by atoms with Gasteiger partial charge in [-0.3, -0.25) is 19.2 Å². The maximum absolute atomic E-state index is 16.4. The van der Waals surface area contributed by atoms with Crippen molar-refractivity contribution in [2.45, 2.75) is 121 Å². The van der Waals surface area contributed by atoms with Gasteiger partial charge in [0.25, 0.3) is 0 Å². The molecule has 2 aliphatic heterocycles. The van der Waals surface area contributed by atoms with E-state index in [0.717, 1.165) is 49.8 Å². The van der Waals surface area contributed by atoms with Crippen molar-refractivity contribution in [1.82, 2.24) is 19.8 Å². The minimum absolute atomic E-state index is 0.0416. The maximum Gasteiger partial charge on any atom is 0.343 e. The highest BCUT2D eigenvalue weighted by Gasteiger charge is 2.68. The number of hydrogen-bond acceptors (Lipinski definition) is 16. The third kappa shape index (κ3) is 9.24. The van der Waals surface area contributed by atoms with Crippen LogP contribution in [0.4, 0.5) is 20.2 Å². The van der Waals surface area contributed by atoms with Crippen molar-refractivity contribution >= 4 is 56.7 Å². The molecule has 4 N–H and O–H groups in total. The number of rotatable bonds is 15. The fraction of sp³-hybridized carbons (Fsp3) is 0.565. The van der Waals surface area contributed by atoms with Gasteiger partial charge in [-0.25, -0.2) is 18.4 Å². The summed E-state index contributed by atoms with van der Waals surface area (Å²) in [5, 5.41) is 31.5. The van der Waals surface area contributed by atoms with Crippen molar-refractivity contribution in [3.05, 3.63) is 98.0 Å². The van der Waals surface area contributed by atoms with Crippen LogP contribution in [0.1, 0.15) is 118 Å². The first kappa shape index (κ1) is 56.0. The van der Waals surface area contributed by atoms with Crippen LogP contribution in [-0.2, 0) is 19.1 Å². The first-order chi connectivity index (χ1) is 39.2. The van der Waals surface area contributed by atoms with E-state index in [2.05, 4.69) is 10.6 Å². The molecule has 18 nitrogen and oxygen atoms in total. The summed E-state index contributed by atoms with van der Waals surface area (Å²) in [5.41, 5.74) is -4.15. The Bertz CT molecular complexity index is 3350. The fourth-order valence-corrected chi connectivity index (χ4v) is 15.5. The van der Waals surface area contributed by atoms with Gasteiger partial charge in [0.05, 0.1) is 55.3 Å². The highest BCUT2D eigenvalue weighted by Crippen LogP contribution is 2.67. The van der Waals surface area contributed by atoms with Crippen LogP contribution < -0.4 is 40.8 Å². The SMILES string of the molecule is COc1c(N2CCNC(C)C2)c(F)cc2c(=O)c(C(=O)OCC([CH]C(=O)[C@]3(O)CC[C@@H]4[C@H]5CCC6=CC(=O)C=C[C@@]6(C)C5[C@H](O)C[C@]43C)COC(=O)c3cn(C4CC4)c4c(OC)c(N5CCNC(C)C5)c(F)cc4c3=O)cn(C3CC3)c12. The number of ether oxygens (including phenoxy) is 4. The Kier molecular flexibility index (Phi) is 14.3. The van der Waals surface area contributed by atoms with Crippen LogP contribution in [0, 0.1) is 52.6 Å². The summed E-state index contributed by atoms with van der Waals surface area (Å²) < 4.78 is 59.9. The van der Waals surface area contributed by atoms with E-state index in [1.165, 1.54) is 26.6 Å². The number of carbonyl (C=O) groups is 4. The average molecular weight is 1130 g/mol. The second-order valence-corrected chi connectivity index (χ2v) is 25.0. The number of aliphatic hydroxyl groups is 2. The van der Waals surface area contributed by atoms with Gasteiger partial charge >= 0.3 is 11.9 Å². The molecule has 9 atom stereocenters. The van der Waals surface area contributed by atoms with Gasteiger partial charge in [0, 0.05) is 105 Å². The molecule has 8 aliphatic rings. The van der Waals surface area contributed by atoms with Crippen LogP contribution in [-0.4, -0.2) is 133 Å². The topological polar surface area (TPSA) is 220 Å². The van der Waals surface area contributed by atoms with E-state index in [1.54, 1.807) is 21.3 Å². The van der Waals surface area contributed by atoms with E-state index < -0.39 is 93.0 Å². The Balaban J connectivity index is 0.862. The zero-order chi connectivity index (χ0) is 57.9. The zero-order valence-corrected chi connectivity index (χ0v) is 47.4. The number of carbonyl (C=O) groups excluding carboxylic acids is 4. The lowest BCUT2D eigenvalue weighted by molar-refractivity contribution is -0.174. The number of nitrogens with one attached hydrogen (secondary N) is 2. The largest absolute Gasteiger partial charge is 0.492 e. The Labute approximate surface area is 473 Å². The lowest BCUT2D eigenvalue weighted by Crippen LogP contribution is -2.61. The number of piperazine rings is 2. The molecule has 1 radical (unpaired) electrons. The van der Waals surface area contributed by atoms with Crippen molar-refractivity contribution in [3.8, 4) is 11.5 Å². The molecule has 5 saturated carbocycles. The Morgan fingerprint density at radius 2 is 1.29 bits per heavy atom. The number of allylic oxidation sites excluding steroid dienone is 4. The number of methoxy groups -OCH3 is 2. The van der Waals surface area contributed by atoms with Crippen LogP contribution in [0.15, 0.2) is 57.9 Å². The van der Waals surface area contributed by atoms with Crippen LogP contribution >= 0.6 is 0 Å². The van der Waals surface area contributed by atoms with Crippen LogP contribution in [0.25, 0.3) is 21.8 Å². The summed E-state index contributed by atoms with van der Waals surface area (Å²) in [4.78, 5) is 89.2. The molecule has 0 amide bonds. The number of aliphatic hydroxyl groups excluding tert-OH is 1. The quantitative estimate of drug-likeness (QED) is 0.0961. The molecule has 2 aromatic carbocycles. The van der Waals surface area contributed by atoms with Gasteiger partial charge in [-0.15, -0.1) is 0 Å². The number of benzene rings is 2. The molecule has 2 saturated heterocycles. The van der Waals surface area contributed by atoms with Gasteiger partial charge in [-0.2, -0.15) is 0 Å². The third-order valence-corrected chi connectivity index (χ3v) is 19.8. The van der Waals surface area contributed by atoms with Crippen LogP contribution in [0.5, 0.6) is 11.5 Å². The normalized spacial score (nSPS) is 30.1. The number of pyridine rings is 2. The van der Waals surface area contributed by atoms with Crippen molar-refractivity contribution in [2.75, 3.05) is 76.5 Å². The molecular formula is C62H73F2N6O12. The minimum Gasteiger partial charge on any atom is -0.492 e. The summed E-state index contributed by atoms with van der Waals surface area (Å²) in [7, 11) is 2.83. The average Bonchev–Trinajstić information content (AvgIpc) is 3.45. The van der Waals surface area contributed by atoms with Crippen molar-refractivity contribution in [3.63, 3.8) is 0 Å². The molecule has 6 aliphatic carbocycles. The lowest BCUT2D eigenvalue weighted by atomic mass is 9.46. The monoisotopic (exact) mass is 1130 g/mol. The number of halogens is 2. The summed E-state index contributed by atoms with van der Waals surface area (Å²) >= 11 is 0. The number of Topliss-reactive ketones (excluding diaryl/α,β-unsaturated/α-hetero) is 1. The van der Waals surface area contributed by atoms with Crippen LogP contribution in [0.3, 0.4) is 0 Å². The molecule has 437 valence electrons. The molecule has 4 heterocycles. The molecule has 3 unspecified atom stereocenters. The number of ketones is 2. The molecule has 82 heavy (non-hydrogen) atoms. The van der Waals surface area contributed by atoms with E-state index in [-0.39, 0.29) is 94.2 Å². The maximum atomic E-state index is 16.4. The third-order valence-electron chi connectivity index (χ3n) is 19.8. The summed E-state index contributed by atoms with van der Waals surface area (Å²) in [6.07, 6.45) is 12.8. The zero-order valence-electron chi connectivity index (χ0n) is 47.4. The highest BCUT2D eigenvalue weighted by atomic mass is 19.1. The van der Waals surface area contributed by atoms with Crippen molar-refractivity contribution in [1.29, 1.82) is 0 Å². The molecule has 12 rings (SSSR count). The van der Waals surface area contributed by atoms with Gasteiger partial charge < -0.3 is 58.7 Å². The Hall–Kier alpha value is -6.48. The second kappa shape index (κ2) is 21.0. The van der Waals surface area contributed by atoms with E-state index in [4.69, 9.17) is 18.9 Å². The predicted octanol–water partition coefficient (Wildman–Crippen LogP) is 6.29. The Morgan fingerprint density at radius 1 is 0.780 bits per heavy atom. The van der Waals surface area contributed by atoms with E-state index in [9.17, 15) is 34.2 Å². The molecule has 0 bridgehead atoms. The fourth-order valence-electron chi connectivity index (χ4n) is 15.5. The number of anilines is 2. The minimum atomic E-state index is -2.03. The molecule has 7 fully saturated rings. The predicted molar refractivity (Wildman–Crippen MR) is 302 cm³/mol. The second-order valence-electron chi connectivity index (χ2n) is 25.0. The van der Waals surface area contributed by atoms with Crippen molar-refractivity contribution < 1.29 is 57.1 Å². The molecular weight excluding hydrogens is 1060 g/mol. The number of nitrogens with zero attached hydrogens (tertiary/aromatic N) is 4. The first-order valence-electron chi connectivity index (χ1n) is 29.1. The van der Waals surface area contributed by atoms with E-state index in [1.807, 2.05) is 43.6 Å². The summed E-state index contributed by atoms with van der Waals surface area (Å²) in [5.74, 6) is -5.96. The summed E-state index contributed by atoms with van der Waals surface area (Å²) in [6, 6.07) is 2.09. The number of fused-ring (bicyclic) bond motifs is 7. The van der Waals surface area contributed by atoms with E-state index in [0.29, 0.717) is 69.6 Å². The van der Waals surface area contributed by atoms with Gasteiger partial charge in [0.1, 0.15) is 28.1 Å². The number of esters is 2. The smallest absolute Gasteiger partial charge is 0.343 e. The number of aromatic nitrogens is 2. The molecule has 2 aromatic heterocycles. The van der Waals surface area contributed by atoms with Gasteiger partial charge in [0.15, 0.2) is 34.7 Å². The first-order valence-corrected chi connectivity index (χ1v) is 29.1.